The maximum Gasteiger partial charge on any atom is 0.327 e. The number of methoxy groups -OCH3 is 1. The van der Waals surface area contributed by atoms with Gasteiger partial charge >= 0.3 is 5.97 Å². The van der Waals surface area contributed by atoms with Gasteiger partial charge in [-0.3, -0.25) is 4.90 Å². The van der Waals surface area contributed by atoms with E-state index in [0.29, 0.717) is 24.7 Å². The molecule has 1 atom stereocenters. The summed E-state index contributed by atoms with van der Waals surface area (Å²) in [5.74, 6) is 1.10. The van der Waals surface area contributed by atoms with Crippen molar-refractivity contribution in [2.45, 2.75) is 6.04 Å². The van der Waals surface area contributed by atoms with Crippen molar-refractivity contribution in [1.82, 2.24) is 4.90 Å². The van der Waals surface area contributed by atoms with Crippen LogP contribution in [-0.2, 0) is 9.53 Å². The van der Waals surface area contributed by atoms with Gasteiger partial charge in [0.2, 0.25) is 0 Å². The molecule has 2 rings (SSSR count). The minimum Gasteiger partial charge on any atom is -0.486 e. The Hall–Kier alpha value is -1.75. The molecule has 0 spiro atoms. The van der Waals surface area contributed by atoms with Crippen LogP contribution in [0, 0.1) is 0 Å². The lowest BCUT2D eigenvalue weighted by Crippen LogP contribution is -2.28. The molecule has 1 aliphatic heterocycles. The van der Waals surface area contributed by atoms with Gasteiger partial charge in [-0.05, 0) is 31.8 Å². The molecule has 0 amide bonds. The number of ether oxygens (including phenoxy) is 3. The number of esters is 1. The summed E-state index contributed by atoms with van der Waals surface area (Å²) < 4.78 is 15.8. The topological polar surface area (TPSA) is 48.0 Å². The Bertz CT molecular complexity index is 445. The Morgan fingerprint density at radius 2 is 1.94 bits per heavy atom. The fourth-order valence-electron chi connectivity index (χ4n) is 1.99. The molecular weight excluding hydrogens is 234 g/mol. The summed E-state index contributed by atoms with van der Waals surface area (Å²) in [6, 6.07) is 5.07. The van der Waals surface area contributed by atoms with Crippen LogP contribution in [0.3, 0.4) is 0 Å². The third kappa shape index (κ3) is 2.41. The number of hydrogen-bond donors (Lipinski definition) is 0. The molecule has 0 aromatic heterocycles. The quantitative estimate of drug-likeness (QED) is 0.756. The van der Waals surface area contributed by atoms with Crippen molar-refractivity contribution in [3.05, 3.63) is 23.8 Å². The number of benzene rings is 1. The minimum atomic E-state index is -0.439. The highest BCUT2D eigenvalue weighted by Gasteiger charge is 2.25. The Labute approximate surface area is 106 Å². The fourth-order valence-corrected chi connectivity index (χ4v) is 1.99. The number of nitrogens with zero attached hydrogens (tertiary/aromatic N) is 1. The fraction of sp³-hybridized carbons (Fsp3) is 0.462. The standard InChI is InChI=1S/C13H17NO4/c1-14(2)12(13(15)16-3)9-4-5-10-11(8-9)18-7-6-17-10/h4-5,8,12H,6-7H2,1-3H3. The van der Waals surface area contributed by atoms with Crippen LogP contribution < -0.4 is 9.47 Å². The van der Waals surface area contributed by atoms with Crippen molar-refractivity contribution in [1.29, 1.82) is 0 Å². The maximum absolute atomic E-state index is 11.8. The predicted octanol–water partition coefficient (Wildman–Crippen LogP) is 1.23. The summed E-state index contributed by atoms with van der Waals surface area (Å²) in [5, 5.41) is 0. The third-order valence-electron chi connectivity index (χ3n) is 2.82. The molecule has 0 radical (unpaired) electrons. The van der Waals surface area contributed by atoms with Gasteiger partial charge in [0.25, 0.3) is 0 Å². The number of likely N-dealkylation sites (N-methyl/N-ethyl adjacent to an activating group) is 1. The minimum absolute atomic E-state index is 0.295. The number of hydrogen-bond acceptors (Lipinski definition) is 5. The summed E-state index contributed by atoms with van der Waals surface area (Å²) >= 11 is 0. The lowest BCUT2D eigenvalue weighted by Gasteiger charge is -2.24. The van der Waals surface area contributed by atoms with Gasteiger partial charge in [-0.2, -0.15) is 0 Å². The first kappa shape index (κ1) is 12.7. The van der Waals surface area contributed by atoms with Crippen LogP contribution in [0.4, 0.5) is 0 Å². The highest BCUT2D eigenvalue weighted by molar-refractivity contribution is 5.77. The highest BCUT2D eigenvalue weighted by Crippen LogP contribution is 2.33. The van der Waals surface area contributed by atoms with E-state index >= 15 is 0 Å². The smallest absolute Gasteiger partial charge is 0.327 e. The van der Waals surface area contributed by atoms with Gasteiger partial charge in [0.05, 0.1) is 7.11 Å². The van der Waals surface area contributed by atoms with Crippen molar-refractivity contribution in [2.24, 2.45) is 0 Å². The zero-order chi connectivity index (χ0) is 13.1. The Kier molecular flexibility index (Phi) is 3.72. The van der Waals surface area contributed by atoms with Gasteiger partial charge < -0.3 is 14.2 Å². The van der Waals surface area contributed by atoms with E-state index in [9.17, 15) is 4.79 Å². The monoisotopic (exact) mass is 251 g/mol. The van der Waals surface area contributed by atoms with Crippen molar-refractivity contribution in [3.63, 3.8) is 0 Å². The van der Waals surface area contributed by atoms with Gasteiger partial charge in [0, 0.05) is 0 Å². The number of fused-ring (bicyclic) bond motifs is 1. The van der Waals surface area contributed by atoms with Gasteiger partial charge in [-0.1, -0.05) is 6.07 Å². The van der Waals surface area contributed by atoms with E-state index in [0.717, 1.165) is 5.56 Å². The molecule has 0 saturated carbocycles. The first-order chi connectivity index (χ1) is 8.63. The Morgan fingerprint density at radius 1 is 1.28 bits per heavy atom. The van der Waals surface area contributed by atoms with E-state index in [1.54, 1.807) is 4.90 Å². The van der Waals surface area contributed by atoms with Crippen LogP contribution in [0.2, 0.25) is 0 Å². The van der Waals surface area contributed by atoms with Crippen LogP contribution >= 0.6 is 0 Å². The number of carbonyl (C=O) groups is 1. The van der Waals surface area contributed by atoms with Crippen molar-refractivity contribution in [2.75, 3.05) is 34.4 Å². The van der Waals surface area contributed by atoms with Gasteiger partial charge in [0.1, 0.15) is 19.3 Å². The molecular formula is C13H17NO4. The summed E-state index contributed by atoms with van der Waals surface area (Å²) in [6.07, 6.45) is 0. The second kappa shape index (κ2) is 5.27. The lowest BCUT2D eigenvalue weighted by molar-refractivity contribution is -0.146. The average molecular weight is 251 g/mol. The molecule has 1 aromatic carbocycles. The van der Waals surface area contributed by atoms with Crippen LogP contribution in [0.25, 0.3) is 0 Å². The third-order valence-corrected chi connectivity index (χ3v) is 2.82. The molecule has 1 heterocycles. The van der Waals surface area contributed by atoms with Crippen LogP contribution in [0.15, 0.2) is 18.2 Å². The van der Waals surface area contributed by atoms with E-state index in [1.165, 1.54) is 7.11 Å². The zero-order valence-electron chi connectivity index (χ0n) is 10.8. The molecule has 0 saturated heterocycles. The van der Waals surface area contributed by atoms with E-state index in [4.69, 9.17) is 14.2 Å². The van der Waals surface area contributed by atoms with Crippen LogP contribution in [-0.4, -0.2) is 45.3 Å². The van der Waals surface area contributed by atoms with E-state index in [1.807, 2.05) is 32.3 Å². The number of rotatable bonds is 3. The summed E-state index contributed by atoms with van der Waals surface area (Å²) in [7, 11) is 5.05. The largest absolute Gasteiger partial charge is 0.486 e. The zero-order valence-corrected chi connectivity index (χ0v) is 10.8. The van der Waals surface area contributed by atoms with E-state index < -0.39 is 6.04 Å². The van der Waals surface area contributed by atoms with E-state index in [-0.39, 0.29) is 5.97 Å². The lowest BCUT2D eigenvalue weighted by atomic mass is 10.1. The first-order valence-electron chi connectivity index (χ1n) is 5.77. The van der Waals surface area contributed by atoms with Gasteiger partial charge in [-0.15, -0.1) is 0 Å². The molecule has 98 valence electrons. The second-order valence-electron chi connectivity index (χ2n) is 4.29. The molecule has 0 N–H and O–H groups in total. The second-order valence-corrected chi connectivity index (χ2v) is 4.29. The molecule has 1 unspecified atom stereocenters. The normalized spacial score (nSPS) is 15.3. The molecule has 18 heavy (non-hydrogen) atoms. The number of carbonyl (C=O) groups excluding carboxylic acids is 1. The first-order valence-corrected chi connectivity index (χ1v) is 5.77. The summed E-state index contributed by atoms with van der Waals surface area (Å²) in [5.41, 5.74) is 0.830. The van der Waals surface area contributed by atoms with Crippen molar-refractivity contribution < 1.29 is 19.0 Å². The molecule has 0 fully saturated rings. The van der Waals surface area contributed by atoms with E-state index in [2.05, 4.69) is 0 Å². The molecule has 0 bridgehead atoms. The Morgan fingerprint density at radius 3 is 2.56 bits per heavy atom. The van der Waals surface area contributed by atoms with Gasteiger partial charge in [-0.25, -0.2) is 4.79 Å². The van der Waals surface area contributed by atoms with Crippen LogP contribution in [0.1, 0.15) is 11.6 Å². The van der Waals surface area contributed by atoms with Crippen molar-refractivity contribution >= 4 is 5.97 Å². The SMILES string of the molecule is COC(=O)C(c1ccc2c(c1)OCCO2)N(C)C. The molecule has 5 heteroatoms. The average Bonchev–Trinajstić information content (AvgIpc) is 2.38. The summed E-state index contributed by atoms with van der Waals surface area (Å²) in [6.45, 7) is 1.09. The predicted molar refractivity (Wildman–Crippen MR) is 65.9 cm³/mol. The molecule has 5 nitrogen and oxygen atoms in total. The Balaban J connectivity index is 2.33. The maximum atomic E-state index is 11.8. The van der Waals surface area contributed by atoms with Gasteiger partial charge in [0.15, 0.2) is 11.5 Å². The van der Waals surface area contributed by atoms with Crippen molar-refractivity contribution in [3.8, 4) is 11.5 Å². The summed E-state index contributed by atoms with van der Waals surface area (Å²) in [4.78, 5) is 13.6. The highest BCUT2D eigenvalue weighted by atomic mass is 16.6. The molecule has 1 aromatic rings. The molecule has 1 aliphatic rings. The molecule has 0 aliphatic carbocycles. The van der Waals surface area contributed by atoms with Crippen LogP contribution in [0.5, 0.6) is 11.5 Å².